The monoisotopic (exact) mass is 291 g/mol. The minimum atomic E-state index is -0.767. The molecule has 1 aromatic rings. The van der Waals surface area contributed by atoms with E-state index in [0.717, 1.165) is 5.56 Å². The summed E-state index contributed by atoms with van der Waals surface area (Å²) < 4.78 is 5.18. The zero-order chi connectivity index (χ0) is 15.8. The predicted molar refractivity (Wildman–Crippen MR) is 83.8 cm³/mol. The summed E-state index contributed by atoms with van der Waals surface area (Å²) in [5.74, 6) is 0.346. The molecule has 1 aromatic carbocycles. The molecule has 2 atom stereocenters. The van der Waals surface area contributed by atoms with Gasteiger partial charge in [-0.1, -0.05) is 56.3 Å². The van der Waals surface area contributed by atoms with Crippen LogP contribution in [0.5, 0.6) is 0 Å². The third-order valence-corrected chi connectivity index (χ3v) is 3.13. The summed E-state index contributed by atoms with van der Waals surface area (Å²) in [5, 5.41) is 12.8. The zero-order valence-corrected chi connectivity index (χ0v) is 13.0. The molecule has 0 aliphatic heterocycles. The van der Waals surface area contributed by atoms with E-state index >= 15 is 0 Å². The van der Waals surface area contributed by atoms with Crippen LogP contribution in [0, 0.1) is 5.92 Å². The average molecular weight is 291 g/mol. The number of alkyl carbamates (subject to hydrolysis) is 1. The van der Waals surface area contributed by atoms with Gasteiger partial charge in [0, 0.05) is 0 Å². The van der Waals surface area contributed by atoms with E-state index in [-0.39, 0.29) is 12.6 Å². The Hall–Kier alpha value is -1.81. The van der Waals surface area contributed by atoms with Crippen LogP contribution in [0.3, 0.4) is 0 Å². The standard InChI is InChI=1S/C17H25NO3/c1-12(2)10-15(16(19)13(3)4)18-17(20)21-11-14-8-6-5-7-9-14/h5-9,12,15-16,19H,3,10-11H2,1-2,4H3,(H,18,20)/t15-,16-/m0/s1. The zero-order valence-electron chi connectivity index (χ0n) is 13.0. The second-order valence-corrected chi connectivity index (χ2v) is 5.73. The number of aliphatic hydroxyl groups excluding tert-OH is 1. The van der Waals surface area contributed by atoms with Crippen LogP contribution in [0.15, 0.2) is 42.5 Å². The normalized spacial score (nSPS) is 13.6. The van der Waals surface area contributed by atoms with Crippen molar-refractivity contribution in [1.82, 2.24) is 5.32 Å². The molecule has 4 heteroatoms. The number of aliphatic hydroxyl groups is 1. The fourth-order valence-electron chi connectivity index (χ4n) is 2.03. The highest BCUT2D eigenvalue weighted by molar-refractivity contribution is 5.67. The topological polar surface area (TPSA) is 58.6 Å². The van der Waals surface area contributed by atoms with E-state index in [0.29, 0.717) is 17.9 Å². The lowest BCUT2D eigenvalue weighted by molar-refractivity contribution is 0.110. The van der Waals surface area contributed by atoms with Crippen LogP contribution in [0.4, 0.5) is 4.79 Å². The highest BCUT2D eigenvalue weighted by Crippen LogP contribution is 2.13. The Morgan fingerprint density at radius 2 is 1.95 bits per heavy atom. The third kappa shape index (κ3) is 6.45. The van der Waals surface area contributed by atoms with Crippen molar-refractivity contribution in [2.75, 3.05) is 0 Å². The smallest absolute Gasteiger partial charge is 0.407 e. The van der Waals surface area contributed by atoms with Gasteiger partial charge in [-0.2, -0.15) is 0 Å². The van der Waals surface area contributed by atoms with Crippen LogP contribution in [-0.2, 0) is 11.3 Å². The molecule has 0 aromatic heterocycles. The maximum Gasteiger partial charge on any atom is 0.407 e. The number of carbonyl (C=O) groups is 1. The van der Waals surface area contributed by atoms with Crippen LogP contribution in [0.1, 0.15) is 32.8 Å². The van der Waals surface area contributed by atoms with Crippen LogP contribution >= 0.6 is 0 Å². The molecule has 0 aliphatic carbocycles. The van der Waals surface area contributed by atoms with Crippen molar-refractivity contribution in [2.45, 2.75) is 45.9 Å². The van der Waals surface area contributed by atoms with Crippen molar-refractivity contribution in [1.29, 1.82) is 0 Å². The molecule has 0 radical (unpaired) electrons. The maximum absolute atomic E-state index is 11.9. The van der Waals surface area contributed by atoms with E-state index in [1.165, 1.54) is 0 Å². The Morgan fingerprint density at radius 1 is 1.33 bits per heavy atom. The number of rotatable bonds is 7. The van der Waals surface area contributed by atoms with Gasteiger partial charge in [-0.3, -0.25) is 0 Å². The average Bonchev–Trinajstić information content (AvgIpc) is 2.44. The van der Waals surface area contributed by atoms with Gasteiger partial charge in [-0.05, 0) is 24.8 Å². The molecule has 0 bridgehead atoms. The van der Waals surface area contributed by atoms with E-state index in [1.807, 2.05) is 44.2 Å². The first-order valence-electron chi connectivity index (χ1n) is 7.20. The van der Waals surface area contributed by atoms with Gasteiger partial charge in [-0.15, -0.1) is 0 Å². The lowest BCUT2D eigenvalue weighted by Crippen LogP contribution is -2.44. The Bertz CT molecular complexity index is 456. The van der Waals surface area contributed by atoms with E-state index in [2.05, 4.69) is 11.9 Å². The Labute approximate surface area is 126 Å². The first kappa shape index (κ1) is 17.2. The molecular weight excluding hydrogens is 266 g/mol. The molecule has 0 aliphatic rings. The Kier molecular flexibility index (Phi) is 6.96. The second kappa shape index (κ2) is 8.47. The van der Waals surface area contributed by atoms with Gasteiger partial charge >= 0.3 is 6.09 Å². The largest absolute Gasteiger partial charge is 0.445 e. The molecule has 0 fully saturated rings. The maximum atomic E-state index is 11.9. The van der Waals surface area contributed by atoms with Gasteiger partial charge in [0.1, 0.15) is 6.61 Å². The quantitative estimate of drug-likeness (QED) is 0.758. The number of benzene rings is 1. The van der Waals surface area contributed by atoms with Crippen LogP contribution < -0.4 is 5.32 Å². The summed E-state index contributed by atoms with van der Waals surface area (Å²) in [5.41, 5.74) is 1.55. The van der Waals surface area contributed by atoms with Crippen molar-refractivity contribution in [3.05, 3.63) is 48.0 Å². The molecule has 2 N–H and O–H groups in total. The van der Waals surface area contributed by atoms with Gasteiger partial charge in [0.05, 0.1) is 12.1 Å². The minimum Gasteiger partial charge on any atom is -0.445 e. The van der Waals surface area contributed by atoms with Gasteiger partial charge in [0.15, 0.2) is 0 Å². The first-order valence-corrected chi connectivity index (χ1v) is 7.20. The van der Waals surface area contributed by atoms with Crippen LogP contribution in [-0.4, -0.2) is 23.3 Å². The molecule has 21 heavy (non-hydrogen) atoms. The fourth-order valence-corrected chi connectivity index (χ4v) is 2.03. The van der Waals surface area contributed by atoms with Crippen LogP contribution in [0.25, 0.3) is 0 Å². The summed E-state index contributed by atoms with van der Waals surface area (Å²) in [4.78, 5) is 11.9. The van der Waals surface area contributed by atoms with Gasteiger partial charge < -0.3 is 15.2 Å². The van der Waals surface area contributed by atoms with Gasteiger partial charge in [0.25, 0.3) is 0 Å². The Balaban J connectivity index is 2.53. The van der Waals surface area contributed by atoms with Crippen molar-refractivity contribution >= 4 is 6.09 Å². The highest BCUT2D eigenvalue weighted by Gasteiger charge is 2.23. The SMILES string of the molecule is C=C(C)[C@H](O)[C@H](CC(C)C)NC(=O)OCc1ccccc1. The Morgan fingerprint density at radius 3 is 2.48 bits per heavy atom. The molecular formula is C17H25NO3. The van der Waals surface area contributed by atoms with Gasteiger partial charge in [0.2, 0.25) is 0 Å². The van der Waals surface area contributed by atoms with E-state index in [4.69, 9.17) is 4.74 Å². The van der Waals surface area contributed by atoms with Crippen molar-refractivity contribution in [3.63, 3.8) is 0 Å². The summed E-state index contributed by atoms with van der Waals surface area (Å²) >= 11 is 0. The van der Waals surface area contributed by atoms with E-state index < -0.39 is 12.2 Å². The molecule has 4 nitrogen and oxygen atoms in total. The van der Waals surface area contributed by atoms with E-state index in [9.17, 15) is 9.90 Å². The summed E-state index contributed by atoms with van der Waals surface area (Å²) in [6.07, 6.45) is -0.629. The van der Waals surface area contributed by atoms with Gasteiger partial charge in [-0.25, -0.2) is 4.79 Å². The van der Waals surface area contributed by atoms with E-state index in [1.54, 1.807) is 6.92 Å². The number of nitrogens with one attached hydrogen (secondary N) is 1. The molecule has 0 unspecified atom stereocenters. The van der Waals surface area contributed by atoms with Crippen LogP contribution in [0.2, 0.25) is 0 Å². The minimum absolute atomic E-state index is 0.213. The first-order chi connectivity index (χ1) is 9.90. The molecule has 116 valence electrons. The lowest BCUT2D eigenvalue weighted by atomic mass is 9.96. The molecule has 0 heterocycles. The molecule has 0 saturated heterocycles. The predicted octanol–water partition coefficient (Wildman–Crippen LogP) is 3.26. The van der Waals surface area contributed by atoms with Crippen molar-refractivity contribution in [3.8, 4) is 0 Å². The number of hydrogen-bond acceptors (Lipinski definition) is 3. The molecule has 0 saturated carbocycles. The fraction of sp³-hybridized carbons (Fsp3) is 0.471. The van der Waals surface area contributed by atoms with Crippen molar-refractivity contribution < 1.29 is 14.6 Å². The number of hydrogen-bond donors (Lipinski definition) is 2. The molecule has 1 rings (SSSR count). The summed E-state index contributed by atoms with van der Waals surface area (Å²) in [7, 11) is 0. The van der Waals surface area contributed by atoms with Crippen molar-refractivity contribution in [2.24, 2.45) is 5.92 Å². The highest BCUT2D eigenvalue weighted by atomic mass is 16.5. The third-order valence-electron chi connectivity index (χ3n) is 3.13. The molecule has 1 amide bonds. The number of amides is 1. The summed E-state index contributed by atoms with van der Waals surface area (Å²) in [6, 6.07) is 9.09. The second-order valence-electron chi connectivity index (χ2n) is 5.73. The summed E-state index contributed by atoms with van der Waals surface area (Å²) in [6.45, 7) is 9.77. The number of carbonyl (C=O) groups excluding carboxylic acids is 1. The lowest BCUT2D eigenvalue weighted by Gasteiger charge is -2.25. The number of ether oxygens (including phenoxy) is 1. The molecule has 0 spiro atoms.